The van der Waals surface area contributed by atoms with Gasteiger partial charge in [-0.05, 0) is 54.7 Å². The normalized spacial score (nSPS) is 11.3. The zero-order valence-corrected chi connectivity index (χ0v) is 16.6. The number of furan rings is 1. The highest BCUT2D eigenvalue weighted by molar-refractivity contribution is 7.93. The highest BCUT2D eigenvalue weighted by Crippen LogP contribution is 2.19. The first-order chi connectivity index (χ1) is 13.4. The fourth-order valence-electron chi connectivity index (χ4n) is 2.02. The van der Waals surface area contributed by atoms with Crippen LogP contribution in [0, 0.1) is 0 Å². The summed E-state index contributed by atoms with van der Waals surface area (Å²) in [5.41, 5.74) is 0.522. The molecule has 8 nitrogen and oxygen atoms in total. The highest BCUT2D eigenvalue weighted by Gasteiger charge is 2.15. The van der Waals surface area contributed by atoms with E-state index < -0.39 is 15.9 Å². The van der Waals surface area contributed by atoms with Gasteiger partial charge in [-0.15, -0.1) is 11.3 Å². The molecule has 2 heterocycles. The number of carbonyl (C=O) groups is 1. The van der Waals surface area contributed by atoms with Crippen molar-refractivity contribution in [2.45, 2.75) is 4.90 Å². The molecule has 0 unspecified atom stereocenters. The van der Waals surface area contributed by atoms with Gasteiger partial charge in [0.2, 0.25) is 5.91 Å². The molecule has 0 aliphatic carbocycles. The van der Waals surface area contributed by atoms with Crippen LogP contribution in [0.15, 0.2) is 69.6 Å². The van der Waals surface area contributed by atoms with Crippen molar-refractivity contribution in [2.24, 2.45) is 0 Å². The van der Waals surface area contributed by atoms with Crippen LogP contribution in [0.1, 0.15) is 5.76 Å². The molecule has 3 N–H and O–H groups in total. The third-order valence-corrected chi connectivity index (χ3v) is 5.63. The van der Waals surface area contributed by atoms with Gasteiger partial charge >= 0.3 is 0 Å². The number of amides is 1. The molecule has 3 aromatic rings. The Morgan fingerprint density at radius 1 is 1.21 bits per heavy atom. The number of sulfonamides is 1. The first kappa shape index (κ1) is 19.7. The van der Waals surface area contributed by atoms with Crippen molar-refractivity contribution in [3.8, 4) is 0 Å². The SMILES string of the molecule is O=C(C=Cc1ccco1)NC(=S)Nc1ccc(S(=O)(=O)Nc2nccs2)cc1. The zero-order chi connectivity index (χ0) is 20.0. The van der Waals surface area contributed by atoms with Gasteiger partial charge in [-0.1, -0.05) is 0 Å². The molecule has 3 rings (SSSR count). The summed E-state index contributed by atoms with van der Waals surface area (Å²) in [5.74, 6) is 0.109. The fraction of sp³-hybridized carbons (Fsp3) is 0. The lowest BCUT2D eigenvalue weighted by atomic mass is 10.3. The van der Waals surface area contributed by atoms with Crippen LogP contribution in [0.5, 0.6) is 0 Å². The van der Waals surface area contributed by atoms with Crippen molar-refractivity contribution in [1.29, 1.82) is 0 Å². The standard InChI is InChI=1S/C17H14N4O4S3/c22-15(8-5-13-2-1-10-25-13)20-16(26)19-12-3-6-14(7-4-12)28(23,24)21-17-18-9-11-27-17/h1-11H,(H,18,21)(H2,19,20,22,26). The number of hydrogen-bond donors (Lipinski definition) is 3. The van der Waals surface area contributed by atoms with Crippen molar-refractivity contribution in [3.05, 3.63) is 66.1 Å². The molecule has 0 saturated heterocycles. The Morgan fingerprint density at radius 2 is 2.00 bits per heavy atom. The van der Waals surface area contributed by atoms with E-state index in [0.29, 0.717) is 11.4 Å². The average molecular weight is 435 g/mol. The molecule has 11 heteroatoms. The lowest BCUT2D eigenvalue weighted by Crippen LogP contribution is -2.32. The smallest absolute Gasteiger partial charge is 0.263 e. The maximum Gasteiger partial charge on any atom is 0.263 e. The minimum absolute atomic E-state index is 0.0737. The van der Waals surface area contributed by atoms with Gasteiger partial charge in [-0.3, -0.25) is 14.8 Å². The molecule has 0 aliphatic heterocycles. The van der Waals surface area contributed by atoms with Crippen molar-refractivity contribution < 1.29 is 17.6 Å². The van der Waals surface area contributed by atoms with E-state index in [4.69, 9.17) is 16.6 Å². The molecule has 1 aromatic carbocycles. The van der Waals surface area contributed by atoms with Crippen LogP contribution in [-0.2, 0) is 14.8 Å². The van der Waals surface area contributed by atoms with Gasteiger partial charge in [0, 0.05) is 23.3 Å². The molecule has 0 bridgehead atoms. The third kappa shape index (κ3) is 5.49. The number of nitrogens with one attached hydrogen (secondary N) is 3. The Bertz CT molecular complexity index is 1070. The third-order valence-electron chi connectivity index (χ3n) is 3.26. The van der Waals surface area contributed by atoms with E-state index >= 15 is 0 Å². The van der Waals surface area contributed by atoms with Gasteiger partial charge < -0.3 is 9.73 Å². The molecule has 28 heavy (non-hydrogen) atoms. The molecule has 0 spiro atoms. The Kier molecular flexibility index (Phi) is 6.19. The van der Waals surface area contributed by atoms with E-state index in [1.54, 1.807) is 17.5 Å². The Labute approximate surface area is 170 Å². The Morgan fingerprint density at radius 3 is 2.64 bits per heavy atom. The second kappa shape index (κ2) is 8.78. The predicted molar refractivity (Wildman–Crippen MR) is 111 cm³/mol. The van der Waals surface area contributed by atoms with Gasteiger partial charge in [0.05, 0.1) is 11.2 Å². The first-order valence-electron chi connectivity index (χ1n) is 7.78. The number of nitrogens with zero attached hydrogens (tertiary/aromatic N) is 1. The monoisotopic (exact) mass is 434 g/mol. The van der Waals surface area contributed by atoms with Gasteiger partial charge in [0.25, 0.3) is 10.0 Å². The summed E-state index contributed by atoms with van der Waals surface area (Å²) in [5, 5.41) is 7.32. The minimum atomic E-state index is -3.73. The van der Waals surface area contributed by atoms with Crippen LogP contribution in [0.2, 0.25) is 0 Å². The Hall–Kier alpha value is -3.02. The molecule has 1 amide bonds. The topological polar surface area (TPSA) is 113 Å². The maximum atomic E-state index is 12.3. The van der Waals surface area contributed by atoms with Crippen LogP contribution in [0.3, 0.4) is 0 Å². The number of thiocarbonyl (C=S) groups is 1. The molecule has 2 aromatic heterocycles. The molecule has 0 atom stereocenters. The van der Waals surface area contributed by atoms with Crippen molar-refractivity contribution in [3.63, 3.8) is 0 Å². The fourth-order valence-corrected chi connectivity index (χ4v) is 4.03. The summed E-state index contributed by atoms with van der Waals surface area (Å²) < 4.78 is 32.0. The Balaban J connectivity index is 1.56. The summed E-state index contributed by atoms with van der Waals surface area (Å²) in [6.45, 7) is 0. The van der Waals surface area contributed by atoms with Gasteiger partial charge in [0.1, 0.15) is 5.76 Å². The molecule has 0 aliphatic rings. The molecular weight excluding hydrogens is 420 g/mol. The van der Waals surface area contributed by atoms with Crippen molar-refractivity contribution >= 4 is 61.5 Å². The minimum Gasteiger partial charge on any atom is -0.465 e. The first-order valence-corrected chi connectivity index (χ1v) is 10.6. The summed E-state index contributed by atoms with van der Waals surface area (Å²) in [6, 6.07) is 9.32. The number of thiazole rings is 1. The van der Waals surface area contributed by atoms with Crippen LogP contribution in [0.25, 0.3) is 6.08 Å². The number of benzene rings is 1. The van der Waals surface area contributed by atoms with Crippen LogP contribution in [0.4, 0.5) is 10.8 Å². The summed E-state index contributed by atoms with van der Waals surface area (Å²) in [4.78, 5) is 15.8. The number of rotatable bonds is 6. The predicted octanol–water partition coefficient (Wildman–Crippen LogP) is 3.06. The molecule has 0 saturated carbocycles. The van der Waals surface area contributed by atoms with E-state index in [2.05, 4.69) is 20.3 Å². The van der Waals surface area contributed by atoms with Gasteiger partial charge in [-0.25, -0.2) is 13.4 Å². The number of carbonyl (C=O) groups excluding carboxylic acids is 1. The number of aromatic nitrogens is 1. The molecule has 0 radical (unpaired) electrons. The summed E-state index contributed by atoms with van der Waals surface area (Å²) in [7, 11) is -3.73. The van der Waals surface area contributed by atoms with Gasteiger partial charge in [0.15, 0.2) is 10.2 Å². The van der Waals surface area contributed by atoms with E-state index in [1.807, 2.05) is 0 Å². The van der Waals surface area contributed by atoms with Crippen LogP contribution < -0.4 is 15.4 Å². The lowest BCUT2D eigenvalue weighted by molar-refractivity contribution is -0.115. The lowest BCUT2D eigenvalue weighted by Gasteiger charge is -2.09. The van der Waals surface area contributed by atoms with E-state index in [9.17, 15) is 13.2 Å². The van der Waals surface area contributed by atoms with Crippen LogP contribution >= 0.6 is 23.6 Å². The van der Waals surface area contributed by atoms with E-state index in [-0.39, 0.29) is 15.1 Å². The second-order valence-electron chi connectivity index (χ2n) is 5.26. The summed E-state index contributed by atoms with van der Waals surface area (Å²) >= 11 is 6.25. The molecular formula is C17H14N4O4S3. The van der Waals surface area contributed by atoms with Crippen molar-refractivity contribution in [1.82, 2.24) is 10.3 Å². The molecule has 144 valence electrons. The van der Waals surface area contributed by atoms with Gasteiger partial charge in [-0.2, -0.15) is 0 Å². The summed E-state index contributed by atoms with van der Waals surface area (Å²) in [6.07, 6.45) is 5.80. The largest absolute Gasteiger partial charge is 0.465 e. The van der Waals surface area contributed by atoms with E-state index in [1.165, 1.54) is 60.2 Å². The number of anilines is 2. The average Bonchev–Trinajstić information content (AvgIpc) is 3.34. The number of hydrogen-bond acceptors (Lipinski definition) is 7. The molecule has 0 fully saturated rings. The van der Waals surface area contributed by atoms with Crippen molar-refractivity contribution in [2.75, 3.05) is 10.0 Å². The van der Waals surface area contributed by atoms with E-state index in [0.717, 1.165) is 0 Å². The second-order valence-corrected chi connectivity index (χ2v) is 8.24. The van der Waals surface area contributed by atoms with Crippen LogP contribution in [-0.4, -0.2) is 24.4 Å². The highest BCUT2D eigenvalue weighted by atomic mass is 32.2. The quantitative estimate of drug-likeness (QED) is 0.404. The zero-order valence-electron chi connectivity index (χ0n) is 14.2. The maximum absolute atomic E-state index is 12.3.